The summed E-state index contributed by atoms with van der Waals surface area (Å²) in [5.74, 6) is 0.00205. The summed E-state index contributed by atoms with van der Waals surface area (Å²) in [5.41, 5.74) is 5.29. The number of likely N-dealkylation sites (tertiary alicyclic amines) is 1. The molecule has 2 heterocycles. The molecule has 0 radical (unpaired) electrons. The summed E-state index contributed by atoms with van der Waals surface area (Å²) in [6.45, 7) is 4.09. The van der Waals surface area contributed by atoms with Crippen LogP contribution in [0.5, 0.6) is 0 Å². The molecule has 2 N–H and O–H groups in total. The summed E-state index contributed by atoms with van der Waals surface area (Å²) in [7, 11) is 0. The van der Waals surface area contributed by atoms with Gasteiger partial charge in [-0.05, 0) is 45.2 Å². The third kappa shape index (κ3) is 3.33. The van der Waals surface area contributed by atoms with Crippen LogP contribution in [0.25, 0.3) is 0 Å². The van der Waals surface area contributed by atoms with Crippen LogP contribution < -0.4 is 10.9 Å². The number of nitrogens with zero attached hydrogens (tertiary/aromatic N) is 2. The van der Waals surface area contributed by atoms with Crippen LogP contribution in [0.4, 0.5) is 15.0 Å². The topological polar surface area (TPSA) is 57.3 Å². The van der Waals surface area contributed by atoms with Crippen molar-refractivity contribution in [1.29, 1.82) is 0 Å². The van der Waals surface area contributed by atoms with Gasteiger partial charge in [0.15, 0.2) is 0 Å². The molecule has 2 unspecified atom stereocenters. The highest BCUT2D eigenvalue weighted by Crippen LogP contribution is 2.22. The molecule has 1 aliphatic rings. The Morgan fingerprint density at radius 3 is 2.63 bits per heavy atom. The number of hydrogen-bond acceptors (Lipinski definition) is 3. The van der Waals surface area contributed by atoms with Crippen molar-refractivity contribution in [1.82, 2.24) is 15.3 Å². The van der Waals surface area contributed by atoms with Crippen LogP contribution in [-0.4, -0.2) is 28.0 Å². The maximum atomic E-state index is 12.7. The molecule has 19 heavy (non-hydrogen) atoms. The number of nitrogens with one attached hydrogen (secondary N) is 2. The van der Waals surface area contributed by atoms with Crippen molar-refractivity contribution < 1.29 is 9.18 Å². The van der Waals surface area contributed by atoms with Gasteiger partial charge in [0.1, 0.15) is 11.6 Å². The molecule has 2 rings (SSSR count). The first-order valence-corrected chi connectivity index (χ1v) is 6.54. The molecule has 6 heteroatoms. The van der Waals surface area contributed by atoms with Gasteiger partial charge in [-0.3, -0.25) is 10.9 Å². The third-order valence-electron chi connectivity index (χ3n) is 3.45. The Bertz CT molecular complexity index is 427. The number of anilines is 1. The Morgan fingerprint density at radius 1 is 1.37 bits per heavy atom. The second kappa shape index (κ2) is 5.86. The summed E-state index contributed by atoms with van der Waals surface area (Å²) >= 11 is 0. The van der Waals surface area contributed by atoms with Crippen LogP contribution in [0.2, 0.25) is 0 Å². The average molecular weight is 266 g/mol. The van der Waals surface area contributed by atoms with Gasteiger partial charge >= 0.3 is 6.03 Å². The van der Waals surface area contributed by atoms with Crippen molar-refractivity contribution in [3.05, 3.63) is 24.1 Å². The quantitative estimate of drug-likeness (QED) is 0.809. The third-order valence-corrected chi connectivity index (χ3v) is 3.45. The van der Waals surface area contributed by atoms with Gasteiger partial charge in [0.05, 0.1) is 6.20 Å². The van der Waals surface area contributed by atoms with Crippen LogP contribution >= 0.6 is 0 Å². The lowest BCUT2D eigenvalue weighted by atomic mass is 9.98. The molecule has 1 fully saturated rings. The molecule has 0 aromatic carbocycles. The molecule has 5 nitrogen and oxygen atoms in total. The number of halogens is 1. The monoisotopic (exact) mass is 266 g/mol. The summed E-state index contributed by atoms with van der Waals surface area (Å²) in [6.07, 6.45) is 4.29. The molecule has 0 aliphatic carbocycles. The number of hydrazine groups is 1. The van der Waals surface area contributed by atoms with Crippen LogP contribution in [-0.2, 0) is 0 Å². The number of urea groups is 1. The SMILES string of the molecule is CC1CCCC(C)N1C(=O)NNc1ccc(F)cn1. The minimum atomic E-state index is -0.407. The Hall–Kier alpha value is -1.85. The highest BCUT2D eigenvalue weighted by Gasteiger charge is 2.28. The number of carbonyl (C=O) groups is 1. The number of hydrogen-bond donors (Lipinski definition) is 2. The van der Waals surface area contributed by atoms with Gasteiger partial charge in [-0.1, -0.05) is 0 Å². The molecular formula is C13H19FN4O. The van der Waals surface area contributed by atoms with Crippen molar-refractivity contribution in [2.75, 3.05) is 5.43 Å². The smallest absolute Gasteiger partial charge is 0.318 e. The molecule has 1 saturated heterocycles. The lowest BCUT2D eigenvalue weighted by Gasteiger charge is -2.38. The molecule has 0 spiro atoms. The first kappa shape index (κ1) is 13.6. The minimum absolute atomic E-state index is 0.175. The lowest BCUT2D eigenvalue weighted by Crippen LogP contribution is -2.53. The molecule has 104 valence electrons. The van der Waals surface area contributed by atoms with Gasteiger partial charge < -0.3 is 4.90 Å². The normalized spacial score (nSPS) is 23.0. The second-order valence-electron chi connectivity index (χ2n) is 4.95. The predicted octanol–water partition coefficient (Wildman–Crippen LogP) is 2.52. The number of rotatable bonds is 2. The van der Waals surface area contributed by atoms with Gasteiger partial charge in [0.2, 0.25) is 0 Å². The van der Waals surface area contributed by atoms with Crippen molar-refractivity contribution in [3.63, 3.8) is 0 Å². The van der Waals surface area contributed by atoms with Crippen LogP contribution in [0.15, 0.2) is 18.3 Å². The highest BCUT2D eigenvalue weighted by atomic mass is 19.1. The Labute approximate surface area is 112 Å². The van der Waals surface area contributed by atoms with Gasteiger partial charge in [-0.2, -0.15) is 0 Å². The van der Waals surface area contributed by atoms with Gasteiger partial charge in [-0.25, -0.2) is 14.2 Å². The average Bonchev–Trinajstić information content (AvgIpc) is 2.38. The van der Waals surface area contributed by atoms with E-state index in [4.69, 9.17) is 0 Å². The van der Waals surface area contributed by atoms with Crippen molar-refractivity contribution >= 4 is 11.8 Å². The lowest BCUT2D eigenvalue weighted by molar-refractivity contribution is 0.124. The van der Waals surface area contributed by atoms with E-state index in [0.717, 1.165) is 25.5 Å². The van der Waals surface area contributed by atoms with Crippen molar-refractivity contribution in [2.45, 2.75) is 45.2 Å². The first-order chi connectivity index (χ1) is 9.08. The molecule has 0 saturated carbocycles. The van der Waals surface area contributed by atoms with E-state index in [2.05, 4.69) is 15.8 Å². The van der Waals surface area contributed by atoms with E-state index in [9.17, 15) is 9.18 Å². The standard InChI is InChI=1S/C13H19FN4O/c1-9-4-3-5-10(2)18(9)13(19)17-16-12-7-6-11(14)8-15-12/h6-10H,3-5H2,1-2H3,(H,15,16)(H,17,19). The van der Waals surface area contributed by atoms with Crippen molar-refractivity contribution in [3.8, 4) is 0 Å². The summed E-state index contributed by atoms with van der Waals surface area (Å²) in [4.78, 5) is 17.8. The Balaban J connectivity index is 1.91. The second-order valence-corrected chi connectivity index (χ2v) is 4.95. The van der Waals surface area contributed by atoms with Gasteiger partial charge in [0.25, 0.3) is 0 Å². The fourth-order valence-corrected chi connectivity index (χ4v) is 2.45. The number of piperidine rings is 1. The zero-order valence-electron chi connectivity index (χ0n) is 11.2. The van der Waals surface area contributed by atoms with Crippen LogP contribution in [0, 0.1) is 5.82 Å². The molecular weight excluding hydrogens is 247 g/mol. The minimum Gasteiger partial charge on any atom is -0.318 e. The molecule has 1 aromatic heterocycles. The van der Waals surface area contributed by atoms with E-state index < -0.39 is 5.82 Å². The molecule has 0 bridgehead atoms. The van der Waals surface area contributed by atoms with Crippen molar-refractivity contribution in [2.24, 2.45) is 0 Å². The molecule has 1 aromatic rings. The number of pyridine rings is 1. The number of carbonyl (C=O) groups excluding carboxylic acids is 1. The fraction of sp³-hybridized carbons (Fsp3) is 0.538. The van der Waals surface area contributed by atoms with E-state index >= 15 is 0 Å². The Morgan fingerprint density at radius 2 is 2.05 bits per heavy atom. The molecule has 2 amide bonds. The van der Waals surface area contributed by atoms with E-state index in [1.54, 1.807) is 0 Å². The van der Waals surface area contributed by atoms with E-state index in [1.807, 2.05) is 18.7 Å². The van der Waals surface area contributed by atoms with Gasteiger partial charge in [-0.15, -0.1) is 0 Å². The molecule has 2 atom stereocenters. The summed E-state index contributed by atoms with van der Waals surface area (Å²) < 4.78 is 12.7. The highest BCUT2D eigenvalue weighted by molar-refractivity contribution is 5.76. The van der Waals surface area contributed by atoms with E-state index in [1.165, 1.54) is 12.1 Å². The first-order valence-electron chi connectivity index (χ1n) is 6.54. The largest absolute Gasteiger partial charge is 0.336 e. The van der Waals surface area contributed by atoms with Gasteiger partial charge in [0, 0.05) is 12.1 Å². The Kier molecular flexibility index (Phi) is 4.19. The zero-order chi connectivity index (χ0) is 13.8. The number of amides is 2. The number of aromatic nitrogens is 1. The zero-order valence-corrected chi connectivity index (χ0v) is 11.2. The maximum absolute atomic E-state index is 12.7. The predicted molar refractivity (Wildman–Crippen MR) is 71.0 cm³/mol. The van der Waals surface area contributed by atoms with E-state index in [-0.39, 0.29) is 18.1 Å². The van der Waals surface area contributed by atoms with E-state index in [0.29, 0.717) is 5.82 Å². The summed E-state index contributed by atoms with van der Waals surface area (Å²) in [5, 5.41) is 0. The summed E-state index contributed by atoms with van der Waals surface area (Å²) in [6, 6.07) is 3.04. The molecule has 1 aliphatic heterocycles. The maximum Gasteiger partial charge on any atom is 0.336 e. The van der Waals surface area contributed by atoms with Crippen LogP contribution in [0.3, 0.4) is 0 Å². The fourth-order valence-electron chi connectivity index (χ4n) is 2.45. The van der Waals surface area contributed by atoms with Crippen LogP contribution in [0.1, 0.15) is 33.1 Å².